The Bertz CT molecular complexity index is 253. The topological polar surface area (TPSA) is 12.0 Å². The van der Waals surface area contributed by atoms with Gasteiger partial charge in [-0.15, -0.1) is 0 Å². The molecule has 0 aromatic heterocycles. The minimum Gasteiger partial charge on any atom is -0.317 e. The van der Waals surface area contributed by atoms with Crippen molar-refractivity contribution in [3.05, 3.63) is 30.3 Å². The van der Waals surface area contributed by atoms with E-state index in [0.717, 1.165) is 13.1 Å². The summed E-state index contributed by atoms with van der Waals surface area (Å²) < 4.78 is 0. The quantitative estimate of drug-likeness (QED) is 0.439. The van der Waals surface area contributed by atoms with Crippen LogP contribution in [0, 0.1) is 0 Å². The van der Waals surface area contributed by atoms with Crippen molar-refractivity contribution in [2.75, 3.05) is 13.1 Å². The maximum atomic E-state index is 6.44. The van der Waals surface area contributed by atoms with E-state index in [-0.39, 0.29) is 0 Å². The van der Waals surface area contributed by atoms with Gasteiger partial charge < -0.3 is 5.32 Å². The third kappa shape index (κ3) is 5.35. The summed E-state index contributed by atoms with van der Waals surface area (Å²) in [6, 6.07) is 11.7. The lowest BCUT2D eigenvalue weighted by Gasteiger charge is -2.07. The van der Waals surface area contributed by atoms with Gasteiger partial charge in [0, 0.05) is 0 Å². The predicted molar refractivity (Wildman–Crippen MR) is 71.7 cm³/mol. The Hall–Kier alpha value is -0.313. The van der Waals surface area contributed by atoms with Gasteiger partial charge >= 0.3 is 0 Å². The van der Waals surface area contributed by atoms with Crippen LogP contribution in [0.25, 0.3) is 0 Å². The molecule has 84 valence electrons. The van der Waals surface area contributed by atoms with Gasteiger partial charge in [0.1, 0.15) is 0 Å². The lowest BCUT2D eigenvalue weighted by atomic mass is 10.3. The first-order chi connectivity index (χ1) is 7.34. The summed E-state index contributed by atoms with van der Waals surface area (Å²) in [5.74, 6) is 0. The largest absolute Gasteiger partial charge is 0.317 e. The van der Waals surface area contributed by atoms with Crippen molar-refractivity contribution in [1.82, 2.24) is 5.32 Å². The highest BCUT2D eigenvalue weighted by Crippen LogP contribution is 2.05. The molecule has 1 aromatic carbocycles. The Morgan fingerprint density at radius 1 is 1.20 bits per heavy atom. The first-order valence-electron chi connectivity index (χ1n) is 5.74. The molecule has 3 heteroatoms. The SMILES string of the molecule is CCNCCCC[SiH](Cl)c1ccccc1. The minimum atomic E-state index is -1.17. The normalized spacial score (nSPS) is 12.7. The summed E-state index contributed by atoms with van der Waals surface area (Å²) in [7, 11) is -1.17. The van der Waals surface area contributed by atoms with Crippen molar-refractivity contribution < 1.29 is 0 Å². The number of unbranched alkanes of at least 4 members (excludes halogenated alkanes) is 1. The van der Waals surface area contributed by atoms with E-state index in [2.05, 4.69) is 36.5 Å². The van der Waals surface area contributed by atoms with Crippen molar-refractivity contribution in [3.63, 3.8) is 0 Å². The maximum absolute atomic E-state index is 6.44. The predicted octanol–water partition coefficient (Wildman–Crippen LogP) is 2.25. The Kier molecular flexibility index (Phi) is 6.73. The Balaban J connectivity index is 2.16. The molecule has 0 aliphatic carbocycles. The smallest absolute Gasteiger partial charge is 0.171 e. The molecule has 0 heterocycles. The Morgan fingerprint density at radius 3 is 2.60 bits per heavy atom. The second-order valence-corrected chi connectivity index (χ2v) is 7.49. The van der Waals surface area contributed by atoms with Crippen LogP contribution in [0.3, 0.4) is 0 Å². The van der Waals surface area contributed by atoms with E-state index in [1.807, 2.05) is 6.07 Å². The van der Waals surface area contributed by atoms with Crippen molar-refractivity contribution >= 4 is 24.4 Å². The number of benzene rings is 1. The molecule has 0 saturated heterocycles. The van der Waals surface area contributed by atoms with Gasteiger partial charge in [-0.3, -0.25) is 0 Å². The number of nitrogens with one attached hydrogen (secondary N) is 1. The fraction of sp³-hybridized carbons (Fsp3) is 0.500. The zero-order chi connectivity index (χ0) is 10.9. The Labute approximate surface area is 99.2 Å². The molecule has 0 amide bonds. The van der Waals surface area contributed by atoms with E-state index in [1.54, 1.807) is 0 Å². The third-order valence-corrected chi connectivity index (χ3v) is 5.91. The molecule has 0 fully saturated rings. The van der Waals surface area contributed by atoms with Gasteiger partial charge in [0.05, 0.1) is 0 Å². The molecule has 1 unspecified atom stereocenters. The highest BCUT2D eigenvalue weighted by molar-refractivity contribution is 7.14. The lowest BCUT2D eigenvalue weighted by Crippen LogP contribution is -2.23. The van der Waals surface area contributed by atoms with Gasteiger partial charge in [-0.05, 0) is 30.7 Å². The zero-order valence-corrected chi connectivity index (χ0v) is 11.3. The molecule has 0 saturated carbocycles. The van der Waals surface area contributed by atoms with Crippen molar-refractivity contribution in [1.29, 1.82) is 0 Å². The molecular formula is C12H20ClNSi. The van der Waals surface area contributed by atoms with Gasteiger partial charge in [0.15, 0.2) is 8.11 Å². The van der Waals surface area contributed by atoms with Crippen LogP contribution >= 0.6 is 11.1 Å². The molecule has 15 heavy (non-hydrogen) atoms. The van der Waals surface area contributed by atoms with Crippen LogP contribution in [-0.2, 0) is 0 Å². The van der Waals surface area contributed by atoms with Crippen LogP contribution in [0.15, 0.2) is 30.3 Å². The van der Waals surface area contributed by atoms with Crippen molar-refractivity contribution in [2.45, 2.75) is 25.8 Å². The minimum absolute atomic E-state index is 1.07. The van der Waals surface area contributed by atoms with E-state index in [0.29, 0.717) is 0 Å². The molecule has 0 spiro atoms. The van der Waals surface area contributed by atoms with E-state index in [1.165, 1.54) is 24.1 Å². The van der Waals surface area contributed by atoms with E-state index in [9.17, 15) is 0 Å². The van der Waals surface area contributed by atoms with Gasteiger partial charge in [-0.1, -0.05) is 43.7 Å². The summed E-state index contributed by atoms with van der Waals surface area (Å²) in [4.78, 5) is 0. The number of halogens is 1. The zero-order valence-electron chi connectivity index (χ0n) is 9.38. The standard InChI is InChI=1S/C12H20ClNSi/c1-2-14-10-6-7-11-15(13)12-8-4-3-5-9-12/h3-5,8-9,14-15H,2,6-7,10-11H2,1H3. The summed E-state index contributed by atoms with van der Waals surface area (Å²) in [5.41, 5.74) is 0. The van der Waals surface area contributed by atoms with Gasteiger partial charge in [-0.2, -0.15) is 11.1 Å². The van der Waals surface area contributed by atoms with Crippen LogP contribution in [0.4, 0.5) is 0 Å². The fourth-order valence-electron chi connectivity index (χ4n) is 1.58. The van der Waals surface area contributed by atoms with Crippen LogP contribution < -0.4 is 10.5 Å². The lowest BCUT2D eigenvalue weighted by molar-refractivity contribution is 0.662. The summed E-state index contributed by atoms with van der Waals surface area (Å²) >= 11 is 6.44. The maximum Gasteiger partial charge on any atom is 0.171 e. The molecule has 1 aromatic rings. The fourth-order valence-corrected chi connectivity index (χ4v) is 4.10. The Morgan fingerprint density at radius 2 is 1.93 bits per heavy atom. The van der Waals surface area contributed by atoms with Crippen LogP contribution in [0.5, 0.6) is 0 Å². The van der Waals surface area contributed by atoms with Gasteiger partial charge in [0.2, 0.25) is 0 Å². The first kappa shape index (κ1) is 12.8. The molecule has 1 rings (SSSR count). The highest BCUT2D eigenvalue weighted by Gasteiger charge is 2.08. The molecule has 0 aliphatic rings. The van der Waals surface area contributed by atoms with Crippen LogP contribution in [0.2, 0.25) is 6.04 Å². The monoisotopic (exact) mass is 241 g/mol. The van der Waals surface area contributed by atoms with E-state index < -0.39 is 8.11 Å². The summed E-state index contributed by atoms with van der Waals surface area (Å²) in [5, 5.41) is 4.71. The summed E-state index contributed by atoms with van der Waals surface area (Å²) in [6.07, 6.45) is 2.50. The molecule has 0 aliphatic heterocycles. The van der Waals surface area contributed by atoms with E-state index >= 15 is 0 Å². The summed E-state index contributed by atoms with van der Waals surface area (Å²) in [6.45, 7) is 4.34. The van der Waals surface area contributed by atoms with Gasteiger partial charge in [-0.25, -0.2) is 0 Å². The van der Waals surface area contributed by atoms with Crippen molar-refractivity contribution in [3.8, 4) is 0 Å². The number of rotatable bonds is 7. The average molecular weight is 242 g/mol. The molecule has 0 bridgehead atoms. The average Bonchev–Trinajstić information content (AvgIpc) is 2.30. The first-order valence-corrected chi connectivity index (χ1v) is 8.88. The van der Waals surface area contributed by atoms with E-state index in [4.69, 9.17) is 11.1 Å². The molecular weight excluding hydrogens is 222 g/mol. The van der Waals surface area contributed by atoms with Crippen LogP contribution in [-0.4, -0.2) is 21.2 Å². The molecule has 1 nitrogen and oxygen atoms in total. The number of hydrogen-bond donors (Lipinski definition) is 1. The molecule has 1 N–H and O–H groups in total. The number of hydrogen-bond acceptors (Lipinski definition) is 1. The van der Waals surface area contributed by atoms with Gasteiger partial charge in [0.25, 0.3) is 0 Å². The second kappa shape index (κ2) is 7.91. The highest BCUT2D eigenvalue weighted by atomic mass is 35.6. The molecule has 0 radical (unpaired) electrons. The van der Waals surface area contributed by atoms with Crippen LogP contribution in [0.1, 0.15) is 19.8 Å². The molecule has 1 atom stereocenters. The second-order valence-electron chi connectivity index (χ2n) is 3.73. The third-order valence-electron chi connectivity index (χ3n) is 2.47. The van der Waals surface area contributed by atoms with Crippen molar-refractivity contribution in [2.24, 2.45) is 0 Å².